The maximum atomic E-state index is 5.71. The smallest absolute Gasteiger partial charge is 0.153 e. The van der Waals surface area contributed by atoms with Crippen LogP contribution in [0.2, 0.25) is 0 Å². The highest BCUT2D eigenvalue weighted by molar-refractivity contribution is 5.29. The average molecular weight is 230 g/mol. The lowest BCUT2D eigenvalue weighted by Gasteiger charge is -2.04. The Balaban J connectivity index is 2.19. The first-order chi connectivity index (χ1) is 8.20. The molecule has 0 atom stereocenters. The van der Waals surface area contributed by atoms with Gasteiger partial charge in [-0.2, -0.15) is 5.10 Å². The number of benzene rings is 1. The van der Waals surface area contributed by atoms with Crippen molar-refractivity contribution in [3.05, 3.63) is 47.0 Å². The molecule has 90 valence electrons. The number of nitrogens with two attached hydrogens (primary N) is 1. The second-order valence-electron chi connectivity index (χ2n) is 4.44. The fourth-order valence-corrected chi connectivity index (χ4v) is 1.76. The van der Waals surface area contributed by atoms with Gasteiger partial charge >= 0.3 is 0 Å². The Kier molecular flexibility index (Phi) is 3.54. The molecule has 0 unspecified atom stereocenters. The zero-order chi connectivity index (χ0) is 12.3. The Morgan fingerprint density at radius 2 is 1.94 bits per heavy atom. The van der Waals surface area contributed by atoms with Crippen LogP contribution in [-0.4, -0.2) is 15.2 Å². The first-order valence-corrected chi connectivity index (χ1v) is 5.88. The van der Waals surface area contributed by atoms with Crippen LogP contribution in [0, 0.1) is 0 Å². The third kappa shape index (κ3) is 2.71. The van der Waals surface area contributed by atoms with E-state index in [1.165, 1.54) is 5.56 Å². The summed E-state index contributed by atoms with van der Waals surface area (Å²) in [6.45, 7) is 4.73. The molecular formula is C13H18N4. The predicted octanol–water partition coefficient (Wildman–Crippen LogP) is 1.98. The van der Waals surface area contributed by atoms with E-state index in [0.717, 1.165) is 23.6 Å². The van der Waals surface area contributed by atoms with Crippen LogP contribution in [0.4, 0.5) is 0 Å². The van der Waals surface area contributed by atoms with Crippen molar-refractivity contribution in [3.63, 3.8) is 0 Å². The van der Waals surface area contributed by atoms with Crippen molar-refractivity contribution >= 4 is 0 Å². The molecule has 17 heavy (non-hydrogen) atoms. The van der Waals surface area contributed by atoms with E-state index in [0.29, 0.717) is 12.5 Å². The fraction of sp³-hybridized carbons (Fsp3) is 0.385. The summed E-state index contributed by atoms with van der Waals surface area (Å²) < 4.78 is 0. The first kappa shape index (κ1) is 11.8. The monoisotopic (exact) mass is 230 g/mol. The van der Waals surface area contributed by atoms with Crippen LogP contribution in [0.1, 0.15) is 42.5 Å². The van der Waals surface area contributed by atoms with Crippen LogP contribution in [0.3, 0.4) is 0 Å². The van der Waals surface area contributed by atoms with E-state index in [-0.39, 0.29) is 0 Å². The third-order valence-electron chi connectivity index (χ3n) is 2.76. The second-order valence-corrected chi connectivity index (χ2v) is 4.44. The molecule has 1 aromatic carbocycles. The molecule has 1 heterocycles. The molecule has 0 aliphatic heterocycles. The number of aromatic amines is 1. The van der Waals surface area contributed by atoms with Gasteiger partial charge in [-0.25, -0.2) is 4.98 Å². The van der Waals surface area contributed by atoms with Gasteiger partial charge in [0.05, 0.1) is 0 Å². The minimum absolute atomic E-state index is 0.352. The van der Waals surface area contributed by atoms with Crippen molar-refractivity contribution < 1.29 is 0 Å². The number of aromatic nitrogens is 3. The van der Waals surface area contributed by atoms with Crippen LogP contribution < -0.4 is 5.73 Å². The predicted molar refractivity (Wildman–Crippen MR) is 67.6 cm³/mol. The van der Waals surface area contributed by atoms with Crippen molar-refractivity contribution in [2.75, 3.05) is 0 Å². The summed E-state index contributed by atoms with van der Waals surface area (Å²) in [5.74, 6) is 2.12. The Labute approximate surface area is 101 Å². The molecule has 3 N–H and O–H groups in total. The van der Waals surface area contributed by atoms with Gasteiger partial charge in [0.1, 0.15) is 5.82 Å². The number of nitrogens with zero attached hydrogens (tertiary/aromatic N) is 2. The van der Waals surface area contributed by atoms with E-state index in [1.807, 2.05) is 12.1 Å². The molecule has 4 nitrogen and oxygen atoms in total. The van der Waals surface area contributed by atoms with Crippen molar-refractivity contribution in [1.82, 2.24) is 15.2 Å². The molecular weight excluding hydrogens is 212 g/mol. The zero-order valence-electron chi connectivity index (χ0n) is 10.3. The van der Waals surface area contributed by atoms with E-state index < -0.39 is 0 Å². The van der Waals surface area contributed by atoms with E-state index in [9.17, 15) is 0 Å². The van der Waals surface area contributed by atoms with Gasteiger partial charge in [0.2, 0.25) is 0 Å². The third-order valence-corrected chi connectivity index (χ3v) is 2.76. The lowest BCUT2D eigenvalue weighted by molar-refractivity contribution is 0.780. The van der Waals surface area contributed by atoms with Crippen LogP contribution in [-0.2, 0) is 13.0 Å². The van der Waals surface area contributed by atoms with Gasteiger partial charge in [-0.05, 0) is 11.1 Å². The first-order valence-electron chi connectivity index (χ1n) is 5.88. The highest BCUT2D eigenvalue weighted by atomic mass is 15.2. The summed E-state index contributed by atoms with van der Waals surface area (Å²) in [6, 6.07) is 8.16. The molecule has 0 saturated carbocycles. The topological polar surface area (TPSA) is 67.6 Å². The number of rotatable bonds is 4. The number of hydrogen-bond acceptors (Lipinski definition) is 3. The van der Waals surface area contributed by atoms with Crippen LogP contribution in [0.15, 0.2) is 24.3 Å². The Hall–Kier alpha value is -1.68. The summed E-state index contributed by atoms with van der Waals surface area (Å²) in [4.78, 5) is 4.47. The summed E-state index contributed by atoms with van der Waals surface area (Å²) in [7, 11) is 0. The molecule has 0 spiro atoms. The SMILES string of the molecule is CC(C)c1n[nH]c(Cc2ccccc2CN)n1. The molecule has 0 bridgehead atoms. The fourth-order valence-electron chi connectivity index (χ4n) is 1.76. The van der Waals surface area contributed by atoms with Gasteiger partial charge in [0.15, 0.2) is 5.82 Å². The Bertz CT molecular complexity index is 488. The molecule has 0 aliphatic rings. The van der Waals surface area contributed by atoms with Crippen LogP contribution in [0.25, 0.3) is 0 Å². The molecule has 0 aliphatic carbocycles. The molecule has 0 radical (unpaired) electrons. The molecule has 2 rings (SSSR count). The minimum Gasteiger partial charge on any atom is -0.326 e. The normalized spacial score (nSPS) is 11.1. The summed E-state index contributed by atoms with van der Waals surface area (Å²) >= 11 is 0. The highest BCUT2D eigenvalue weighted by Crippen LogP contribution is 2.13. The molecule has 2 aromatic rings. The number of H-pyrrole nitrogens is 1. The van der Waals surface area contributed by atoms with Crippen molar-refractivity contribution in [3.8, 4) is 0 Å². The summed E-state index contributed by atoms with van der Waals surface area (Å²) in [5, 5.41) is 7.18. The van der Waals surface area contributed by atoms with E-state index in [4.69, 9.17) is 5.73 Å². The number of hydrogen-bond donors (Lipinski definition) is 2. The lowest BCUT2D eigenvalue weighted by atomic mass is 10.0. The average Bonchev–Trinajstić information content (AvgIpc) is 2.78. The second kappa shape index (κ2) is 5.10. The van der Waals surface area contributed by atoms with Gasteiger partial charge in [0, 0.05) is 18.9 Å². The van der Waals surface area contributed by atoms with E-state index in [1.54, 1.807) is 0 Å². The maximum Gasteiger partial charge on any atom is 0.153 e. The molecule has 0 saturated heterocycles. The molecule has 0 fully saturated rings. The van der Waals surface area contributed by atoms with Gasteiger partial charge < -0.3 is 5.73 Å². The number of nitrogens with one attached hydrogen (secondary N) is 1. The standard InChI is InChI=1S/C13H18N4/c1-9(2)13-15-12(16-17-13)7-10-5-3-4-6-11(10)8-14/h3-6,9H,7-8,14H2,1-2H3,(H,15,16,17). The van der Waals surface area contributed by atoms with Crippen LogP contribution in [0.5, 0.6) is 0 Å². The molecule has 1 aromatic heterocycles. The van der Waals surface area contributed by atoms with E-state index >= 15 is 0 Å². The summed E-state index contributed by atoms with van der Waals surface area (Å²) in [5.41, 5.74) is 8.08. The largest absolute Gasteiger partial charge is 0.326 e. The molecule has 0 amide bonds. The minimum atomic E-state index is 0.352. The van der Waals surface area contributed by atoms with Crippen molar-refractivity contribution in [2.24, 2.45) is 5.73 Å². The van der Waals surface area contributed by atoms with Crippen molar-refractivity contribution in [1.29, 1.82) is 0 Å². The Morgan fingerprint density at radius 3 is 2.53 bits per heavy atom. The van der Waals surface area contributed by atoms with Crippen LogP contribution >= 0.6 is 0 Å². The lowest BCUT2D eigenvalue weighted by Crippen LogP contribution is -2.02. The summed E-state index contributed by atoms with van der Waals surface area (Å²) in [6.07, 6.45) is 0.757. The molecule has 4 heteroatoms. The van der Waals surface area contributed by atoms with E-state index in [2.05, 4.69) is 41.2 Å². The quantitative estimate of drug-likeness (QED) is 0.844. The van der Waals surface area contributed by atoms with Gasteiger partial charge in [-0.1, -0.05) is 38.1 Å². The van der Waals surface area contributed by atoms with Gasteiger partial charge in [-0.3, -0.25) is 5.10 Å². The Morgan fingerprint density at radius 1 is 1.24 bits per heavy atom. The highest BCUT2D eigenvalue weighted by Gasteiger charge is 2.08. The van der Waals surface area contributed by atoms with Crippen molar-refractivity contribution in [2.45, 2.75) is 32.7 Å². The maximum absolute atomic E-state index is 5.71. The zero-order valence-corrected chi connectivity index (χ0v) is 10.3. The van der Waals surface area contributed by atoms with Gasteiger partial charge in [0.25, 0.3) is 0 Å². The van der Waals surface area contributed by atoms with Gasteiger partial charge in [-0.15, -0.1) is 0 Å².